The van der Waals surface area contributed by atoms with Gasteiger partial charge in [-0.05, 0) is 67.1 Å². The molecule has 0 saturated heterocycles. The van der Waals surface area contributed by atoms with E-state index in [-0.39, 0.29) is 27.0 Å². The Bertz CT molecular complexity index is 1400. The van der Waals surface area contributed by atoms with Gasteiger partial charge in [-0.15, -0.1) is 0 Å². The number of hydrogen-bond acceptors (Lipinski definition) is 6. The molecule has 0 spiro atoms. The van der Waals surface area contributed by atoms with Gasteiger partial charge in [-0.25, -0.2) is 0 Å². The van der Waals surface area contributed by atoms with Gasteiger partial charge in [0.15, 0.2) is 5.75 Å². The topological polar surface area (TPSA) is 105 Å². The third-order valence-corrected chi connectivity index (χ3v) is 6.30. The van der Waals surface area contributed by atoms with Gasteiger partial charge in [-0.3, -0.25) is 4.79 Å². The molecule has 1 amide bonds. The van der Waals surface area contributed by atoms with Crippen molar-refractivity contribution in [2.45, 2.75) is 11.8 Å². The van der Waals surface area contributed by atoms with E-state index in [0.717, 1.165) is 5.56 Å². The number of aryl methyl sites for hydroxylation is 1. The van der Waals surface area contributed by atoms with Crippen LogP contribution in [0.1, 0.15) is 11.1 Å². The molecule has 0 bridgehead atoms. The summed E-state index contributed by atoms with van der Waals surface area (Å²) in [5.41, 5.74) is 1.45. The van der Waals surface area contributed by atoms with Crippen LogP contribution in [0.3, 0.4) is 0 Å². The van der Waals surface area contributed by atoms with Crippen LogP contribution in [0.5, 0.6) is 11.5 Å². The first-order valence-electron chi connectivity index (χ1n) is 9.70. The monoisotopic (exact) mass is 516 g/mol. The van der Waals surface area contributed by atoms with E-state index >= 15 is 0 Å². The minimum Gasteiger partial charge on any atom is -0.493 e. The molecule has 0 fully saturated rings. The summed E-state index contributed by atoms with van der Waals surface area (Å²) < 4.78 is 35.8. The Morgan fingerprint density at radius 2 is 1.71 bits per heavy atom. The third-order valence-electron chi connectivity index (χ3n) is 4.53. The van der Waals surface area contributed by atoms with Gasteiger partial charge in [0.25, 0.3) is 5.91 Å². The molecular formula is C24H18Cl2N2O5S. The number of carbonyl (C=O) groups excluding carboxylic acids is 1. The fourth-order valence-electron chi connectivity index (χ4n) is 2.81. The number of methoxy groups -OCH3 is 1. The van der Waals surface area contributed by atoms with Crippen LogP contribution in [0, 0.1) is 18.3 Å². The Morgan fingerprint density at radius 3 is 2.29 bits per heavy atom. The second-order valence-corrected chi connectivity index (χ2v) is 9.41. The molecule has 10 heteroatoms. The Hall–Kier alpha value is -3.51. The molecule has 0 aromatic heterocycles. The number of rotatable bonds is 7. The molecule has 3 aromatic rings. The summed E-state index contributed by atoms with van der Waals surface area (Å²) in [5, 5.41) is 12.5. The van der Waals surface area contributed by atoms with Gasteiger partial charge in [0, 0.05) is 10.7 Å². The zero-order valence-electron chi connectivity index (χ0n) is 18.0. The number of amides is 1. The van der Waals surface area contributed by atoms with Crippen molar-refractivity contribution in [3.05, 3.63) is 87.4 Å². The first kappa shape index (κ1) is 25.1. The number of ether oxygens (including phenoxy) is 1. The molecular weight excluding hydrogens is 499 g/mol. The summed E-state index contributed by atoms with van der Waals surface area (Å²) in [6.07, 6.45) is 1.29. The van der Waals surface area contributed by atoms with E-state index in [1.165, 1.54) is 37.5 Å². The quantitative estimate of drug-likeness (QED) is 0.248. The molecule has 0 saturated carbocycles. The van der Waals surface area contributed by atoms with Gasteiger partial charge < -0.3 is 14.2 Å². The number of halogens is 2. The molecule has 0 heterocycles. The maximum absolute atomic E-state index is 12.7. The van der Waals surface area contributed by atoms with Crippen molar-refractivity contribution in [1.82, 2.24) is 0 Å². The maximum atomic E-state index is 12.7. The molecule has 7 nitrogen and oxygen atoms in total. The lowest BCUT2D eigenvalue weighted by Crippen LogP contribution is -2.13. The van der Waals surface area contributed by atoms with E-state index in [9.17, 15) is 18.5 Å². The van der Waals surface area contributed by atoms with Gasteiger partial charge in [-0.1, -0.05) is 40.9 Å². The normalized spacial score (nSPS) is 11.4. The van der Waals surface area contributed by atoms with E-state index in [0.29, 0.717) is 16.3 Å². The van der Waals surface area contributed by atoms with Crippen molar-refractivity contribution in [3.63, 3.8) is 0 Å². The van der Waals surface area contributed by atoms with E-state index in [1.54, 1.807) is 36.4 Å². The average Bonchev–Trinajstić information content (AvgIpc) is 2.80. The largest absolute Gasteiger partial charge is 0.493 e. The van der Waals surface area contributed by atoms with Crippen LogP contribution in [0.4, 0.5) is 5.69 Å². The summed E-state index contributed by atoms with van der Waals surface area (Å²) in [4.78, 5) is 12.5. The van der Waals surface area contributed by atoms with E-state index in [1.807, 2.05) is 13.0 Å². The number of benzene rings is 3. The Morgan fingerprint density at radius 1 is 1.06 bits per heavy atom. The van der Waals surface area contributed by atoms with Crippen LogP contribution in [-0.2, 0) is 14.9 Å². The highest BCUT2D eigenvalue weighted by atomic mass is 35.5. The van der Waals surface area contributed by atoms with Crippen molar-refractivity contribution < 1.29 is 22.1 Å². The van der Waals surface area contributed by atoms with Crippen molar-refractivity contribution in [2.24, 2.45) is 0 Å². The molecule has 174 valence electrons. The Labute approximate surface area is 207 Å². The Kier molecular flexibility index (Phi) is 7.84. The minimum atomic E-state index is -4.18. The van der Waals surface area contributed by atoms with Crippen molar-refractivity contribution >= 4 is 51.0 Å². The van der Waals surface area contributed by atoms with Gasteiger partial charge in [0.1, 0.15) is 16.5 Å². The first-order chi connectivity index (χ1) is 16.1. The standard InChI is InChI=1S/C24H18Cl2N2O5S/c1-15-3-9-20(10-4-15)34(30,31)33-23-21(26)12-16(13-22(23)32-2)11-17(14-27)24(29)28-19-7-5-18(25)6-8-19/h3-13H,1-2H3,(H,28,29)/b17-11+. The minimum absolute atomic E-state index is 0.00448. The molecule has 1 N–H and O–H groups in total. The van der Waals surface area contributed by atoms with Crippen molar-refractivity contribution in [2.75, 3.05) is 12.4 Å². The predicted molar refractivity (Wildman–Crippen MR) is 131 cm³/mol. The van der Waals surface area contributed by atoms with Crippen LogP contribution in [0.15, 0.2) is 71.1 Å². The lowest BCUT2D eigenvalue weighted by Gasteiger charge is -2.13. The SMILES string of the molecule is COc1cc(/C=C(\C#N)C(=O)Nc2ccc(Cl)cc2)cc(Cl)c1OS(=O)(=O)c1ccc(C)cc1. The number of carbonyl (C=O) groups is 1. The summed E-state index contributed by atoms with van der Waals surface area (Å²) in [6.45, 7) is 1.83. The van der Waals surface area contributed by atoms with Crippen LogP contribution in [0.25, 0.3) is 6.08 Å². The third kappa shape index (κ3) is 6.08. The Balaban J connectivity index is 1.90. The lowest BCUT2D eigenvalue weighted by atomic mass is 10.1. The van der Waals surface area contributed by atoms with Crippen LogP contribution >= 0.6 is 23.2 Å². The lowest BCUT2D eigenvalue weighted by molar-refractivity contribution is -0.112. The number of nitrogens with one attached hydrogen (secondary N) is 1. The molecule has 0 atom stereocenters. The molecule has 0 aliphatic carbocycles. The van der Waals surface area contributed by atoms with Gasteiger partial charge in [0.05, 0.1) is 12.1 Å². The van der Waals surface area contributed by atoms with Crippen LogP contribution in [0.2, 0.25) is 10.0 Å². The maximum Gasteiger partial charge on any atom is 0.339 e. The van der Waals surface area contributed by atoms with Gasteiger partial charge in [0.2, 0.25) is 5.75 Å². The van der Waals surface area contributed by atoms with Gasteiger partial charge >= 0.3 is 10.1 Å². The summed E-state index contributed by atoms with van der Waals surface area (Å²) in [5.74, 6) is -0.863. The smallest absolute Gasteiger partial charge is 0.339 e. The second kappa shape index (κ2) is 10.6. The molecule has 0 aliphatic rings. The highest BCUT2D eigenvalue weighted by Crippen LogP contribution is 2.39. The van der Waals surface area contributed by atoms with Crippen molar-refractivity contribution in [3.8, 4) is 17.6 Å². The molecule has 0 radical (unpaired) electrons. The highest BCUT2D eigenvalue weighted by Gasteiger charge is 2.22. The zero-order chi connectivity index (χ0) is 24.9. The van der Waals surface area contributed by atoms with E-state index in [2.05, 4.69) is 5.32 Å². The molecule has 34 heavy (non-hydrogen) atoms. The van der Waals surface area contributed by atoms with Gasteiger partial charge in [-0.2, -0.15) is 13.7 Å². The summed E-state index contributed by atoms with van der Waals surface area (Å²) >= 11 is 12.1. The van der Waals surface area contributed by atoms with Crippen LogP contribution < -0.4 is 14.2 Å². The second-order valence-electron chi connectivity index (χ2n) is 7.02. The zero-order valence-corrected chi connectivity index (χ0v) is 20.3. The fourth-order valence-corrected chi connectivity index (χ4v) is 4.20. The first-order valence-corrected chi connectivity index (χ1v) is 11.9. The van der Waals surface area contributed by atoms with Crippen LogP contribution in [-0.4, -0.2) is 21.4 Å². The number of nitriles is 1. The molecule has 0 aliphatic heterocycles. The number of anilines is 1. The molecule has 0 unspecified atom stereocenters. The fraction of sp³-hybridized carbons (Fsp3) is 0.0833. The highest BCUT2D eigenvalue weighted by molar-refractivity contribution is 7.87. The molecule has 3 aromatic carbocycles. The summed E-state index contributed by atoms with van der Waals surface area (Å²) in [7, 11) is -2.87. The number of hydrogen-bond donors (Lipinski definition) is 1. The van der Waals surface area contributed by atoms with Crippen molar-refractivity contribution in [1.29, 1.82) is 5.26 Å². The summed E-state index contributed by atoms with van der Waals surface area (Å²) in [6, 6.07) is 17.1. The van der Waals surface area contributed by atoms with E-state index in [4.69, 9.17) is 32.1 Å². The van der Waals surface area contributed by atoms with E-state index < -0.39 is 16.0 Å². The molecule has 3 rings (SSSR count). The predicted octanol–water partition coefficient (Wildman–Crippen LogP) is 5.62. The number of nitrogens with zero attached hydrogens (tertiary/aromatic N) is 1. The average molecular weight is 517 g/mol.